The molecule has 0 amide bonds. The highest BCUT2D eigenvalue weighted by atomic mass is 32.2. The predicted molar refractivity (Wildman–Crippen MR) is 68.5 cm³/mol. The molecule has 5 nitrogen and oxygen atoms in total. The maximum atomic E-state index is 13.8. The van der Waals surface area contributed by atoms with Crippen molar-refractivity contribution in [3.05, 3.63) is 29.6 Å². The summed E-state index contributed by atoms with van der Waals surface area (Å²) in [6.45, 7) is 1.03. The van der Waals surface area contributed by atoms with Crippen LogP contribution >= 0.6 is 0 Å². The van der Waals surface area contributed by atoms with Gasteiger partial charge < -0.3 is 10.5 Å². The van der Waals surface area contributed by atoms with Gasteiger partial charge in [0.25, 0.3) is 0 Å². The lowest BCUT2D eigenvalue weighted by atomic mass is 10.2. The van der Waals surface area contributed by atoms with Crippen molar-refractivity contribution in [1.29, 1.82) is 0 Å². The van der Waals surface area contributed by atoms with E-state index in [9.17, 15) is 12.8 Å². The van der Waals surface area contributed by atoms with E-state index < -0.39 is 15.8 Å². The van der Waals surface area contributed by atoms with Gasteiger partial charge in [0.15, 0.2) is 0 Å². The first kappa shape index (κ1) is 14.4. The van der Waals surface area contributed by atoms with E-state index in [4.69, 9.17) is 10.5 Å². The molecule has 1 saturated heterocycles. The molecule has 2 N–H and O–H groups in total. The topological polar surface area (TPSA) is 72.6 Å². The van der Waals surface area contributed by atoms with Crippen LogP contribution in [0.3, 0.4) is 0 Å². The predicted octanol–water partition coefficient (Wildman–Crippen LogP) is 0.694. The zero-order valence-electron chi connectivity index (χ0n) is 10.7. The molecule has 106 valence electrons. The number of likely N-dealkylation sites (N-methyl/N-ethyl adjacent to an activating group) is 1. The summed E-state index contributed by atoms with van der Waals surface area (Å²) in [4.78, 5) is -0.329. The standard InChI is InChI=1S/C12H17FN2O3S/c1-15(10-4-5-18-8-10)19(16,17)12-6-9(7-14)2-3-11(12)13/h2-3,6,10H,4-5,7-8,14H2,1H3. The fraction of sp³-hybridized carbons (Fsp3) is 0.500. The van der Waals surface area contributed by atoms with Gasteiger partial charge in [-0.2, -0.15) is 4.31 Å². The summed E-state index contributed by atoms with van der Waals surface area (Å²) < 4.78 is 44.9. The van der Waals surface area contributed by atoms with Crippen LogP contribution in [-0.4, -0.2) is 39.0 Å². The van der Waals surface area contributed by atoms with Crippen LogP contribution in [0.25, 0.3) is 0 Å². The van der Waals surface area contributed by atoms with Gasteiger partial charge in [-0.3, -0.25) is 0 Å². The van der Waals surface area contributed by atoms with Crippen LogP contribution in [0, 0.1) is 5.82 Å². The Morgan fingerprint density at radius 2 is 2.26 bits per heavy atom. The molecule has 0 bridgehead atoms. The number of nitrogens with two attached hydrogens (primary N) is 1. The smallest absolute Gasteiger partial charge is 0.246 e. The lowest BCUT2D eigenvalue weighted by Crippen LogP contribution is -2.37. The van der Waals surface area contributed by atoms with Crippen LogP contribution in [0.1, 0.15) is 12.0 Å². The molecule has 7 heteroatoms. The van der Waals surface area contributed by atoms with Crippen molar-refractivity contribution >= 4 is 10.0 Å². The minimum absolute atomic E-state index is 0.166. The molecular weight excluding hydrogens is 271 g/mol. The normalized spacial score (nSPS) is 20.1. The summed E-state index contributed by atoms with van der Waals surface area (Å²) >= 11 is 0. The van der Waals surface area contributed by atoms with Gasteiger partial charge in [0.1, 0.15) is 10.7 Å². The largest absolute Gasteiger partial charge is 0.380 e. The highest BCUT2D eigenvalue weighted by molar-refractivity contribution is 7.89. The van der Waals surface area contributed by atoms with Gasteiger partial charge in [-0.1, -0.05) is 6.07 Å². The second-order valence-electron chi connectivity index (χ2n) is 4.51. The molecule has 0 radical (unpaired) electrons. The highest BCUT2D eigenvalue weighted by Gasteiger charge is 2.32. The minimum atomic E-state index is -3.86. The number of nitrogens with zero attached hydrogens (tertiary/aromatic N) is 1. The van der Waals surface area contributed by atoms with Crippen molar-refractivity contribution < 1.29 is 17.5 Å². The summed E-state index contributed by atoms with van der Waals surface area (Å²) in [7, 11) is -2.42. The van der Waals surface area contributed by atoms with E-state index >= 15 is 0 Å². The van der Waals surface area contributed by atoms with Gasteiger partial charge in [0, 0.05) is 20.2 Å². The number of rotatable bonds is 4. The molecule has 1 unspecified atom stereocenters. The fourth-order valence-electron chi connectivity index (χ4n) is 2.03. The molecule has 1 heterocycles. The van der Waals surface area contributed by atoms with E-state index in [1.165, 1.54) is 23.5 Å². The third-order valence-electron chi connectivity index (χ3n) is 3.31. The molecule has 0 aromatic heterocycles. The number of sulfonamides is 1. The average molecular weight is 288 g/mol. The van der Waals surface area contributed by atoms with E-state index in [0.717, 1.165) is 6.07 Å². The molecule has 0 aliphatic carbocycles. The Morgan fingerprint density at radius 1 is 1.53 bits per heavy atom. The zero-order chi connectivity index (χ0) is 14.0. The summed E-state index contributed by atoms with van der Waals surface area (Å²) in [5.74, 6) is -0.761. The van der Waals surface area contributed by atoms with Gasteiger partial charge >= 0.3 is 0 Å². The number of benzene rings is 1. The Kier molecular flexibility index (Phi) is 4.19. The average Bonchev–Trinajstić information content (AvgIpc) is 2.92. The lowest BCUT2D eigenvalue weighted by molar-refractivity contribution is 0.180. The van der Waals surface area contributed by atoms with Crippen LogP contribution in [0.2, 0.25) is 0 Å². The van der Waals surface area contributed by atoms with Gasteiger partial charge in [-0.15, -0.1) is 0 Å². The monoisotopic (exact) mass is 288 g/mol. The molecule has 19 heavy (non-hydrogen) atoms. The van der Waals surface area contributed by atoms with Crippen molar-refractivity contribution in [3.63, 3.8) is 0 Å². The zero-order valence-corrected chi connectivity index (χ0v) is 11.5. The lowest BCUT2D eigenvalue weighted by Gasteiger charge is -2.23. The van der Waals surface area contributed by atoms with E-state index in [1.807, 2.05) is 0 Å². The van der Waals surface area contributed by atoms with E-state index in [0.29, 0.717) is 25.2 Å². The molecular formula is C12H17FN2O3S. The van der Waals surface area contributed by atoms with Crippen molar-refractivity contribution in [1.82, 2.24) is 4.31 Å². The van der Waals surface area contributed by atoms with E-state index in [1.54, 1.807) is 0 Å². The Hall–Kier alpha value is -1.02. The Bertz CT molecular complexity index is 556. The summed E-state index contributed by atoms with van der Waals surface area (Å²) in [5, 5.41) is 0. The molecule has 1 aromatic rings. The maximum absolute atomic E-state index is 13.8. The first-order valence-electron chi connectivity index (χ1n) is 6.01. The Labute approximate surface area is 112 Å². The number of ether oxygens (including phenoxy) is 1. The second-order valence-corrected chi connectivity index (χ2v) is 6.47. The second kappa shape index (κ2) is 5.54. The van der Waals surface area contributed by atoms with Crippen LogP contribution in [0.4, 0.5) is 4.39 Å². The van der Waals surface area contributed by atoms with Gasteiger partial charge in [0.05, 0.1) is 12.6 Å². The third-order valence-corrected chi connectivity index (χ3v) is 5.23. The van der Waals surface area contributed by atoms with Crippen LogP contribution in [0.5, 0.6) is 0 Å². The third kappa shape index (κ3) is 2.79. The molecule has 1 atom stereocenters. The molecule has 0 spiro atoms. The quantitative estimate of drug-likeness (QED) is 0.885. The summed E-state index contributed by atoms with van der Waals surface area (Å²) in [6.07, 6.45) is 0.619. The van der Waals surface area contributed by atoms with Crippen LogP contribution in [-0.2, 0) is 21.3 Å². The van der Waals surface area contributed by atoms with Crippen LogP contribution in [0.15, 0.2) is 23.1 Å². The number of hydrogen-bond donors (Lipinski definition) is 1. The molecule has 0 saturated carbocycles. The molecule has 1 fully saturated rings. The van der Waals surface area contributed by atoms with Crippen molar-refractivity contribution in [2.45, 2.75) is 23.9 Å². The van der Waals surface area contributed by atoms with Crippen molar-refractivity contribution in [2.24, 2.45) is 5.73 Å². The first-order valence-corrected chi connectivity index (χ1v) is 7.45. The first-order chi connectivity index (χ1) is 8.96. The summed E-state index contributed by atoms with van der Waals surface area (Å²) in [6, 6.07) is 3.66. The molecule has 1 aliphatic heterocycles. The van der Waals surface area contributed by atoms with Crippen LogP contribution < -0.4 is 5.73 Å². The molecule has 1 aromatic carbocycles. The van der Waals surface area contributed by atoms with Gasteiger partial charge in [-0.05, 0) is 24.1 Å². The van der Waals surface area contributed by atoms with E-state index in [-0.39, 0.29) is 17.5 Å². The molecule has 2 rings (SSSR count). The van der Waals surface area contributed by atoms with Crippen molar-refractivity contribution in [2.75, 3.05) is 20.3 Å². The fourth-order valence-corrected chi connectivity index (χ4v) is 3.52. The van der Waals surface area contributed by atoms with Gasteiger partial charge in [-0.25, -0.2) is 12.8 Å². The number of halogens is 1. The van der Waals surface area contributed by atoms with Crippen molar-refractivity contribution in [3.8, 4) is 0 Å². The molecule has 1 aliphatic rings. The summed E-state index contributed by atoms with van der Waals surface area (Å²) in [5.41, 5.74) is 6.04. The van der Waals surface area contributed by atoms with Gasteiger partial charge in [0.2, 0.25) is 10.0 Å². The minimum Gasteiger partial charge on any atom is -0.380 e. The highest BCUT2D eigenvalue weighted by Crippen LogP contribution is 2.23. The van der Waals surface area contributed by atoms with E-state index in [2.05, 4.69) is 0 Å². The maximum Gasteiger partial charge on any atom is 0.246 e. The Balaban J connectivity index is 2.38. The SMILES string of the molecule is CN(C1CCOC1)S(=O)(=O)c1cc(CN)ccc1F. The number of hydrogen-bond acceptors (Lipinski definition) is 4. The Morgan fingerprint density at radius 3 is 2.84 bits per heavy atom.